The number of anilines is 2. The molecule has 0 aliphatic carbocycles. The number of fused-ring (bicyclic) bond motifs is 1. The second-order valence-electron chi connectivity index (χ2n) is 8.49. The van der Waals surface area contributed by atoms with Gasteiger partial charge in [-0.25, -0.2) is 4.79 Å². The zero-order valence-electron chi connectivity index (χ0n) is 19.9. The summed E-state index contributed by atoms with van der Waals surface area (Å²) in [4.78, 5) is 17.5. The number of rotatable bonds is 9. The molecule has 0 fully saturated rings. The molecule has 2 heterocycles. The molecule has 6 nitrogen and oxygen atoms in total. The molecule has 2 aromatic heterocycles. The Labute approximate surface area is 224 Å². The van der Waals surface area contributed by atoms with E-state index in [1.165, 1.54) is 9.78 Å². The summed E-state index contributed by atoms with van der Waals surface area (Å²) in [5.41, 5.74) is 9.03. The largest absolute Gasteiger partial charge is 0.491 e. The number of thiophene rings is 1. The van der Waals surface area contributed by atoms with E-state index < -0.39 is 6.03 Å². The molecule has 35 heavy (non-hydrogen) atoms. The number of nitrogens with zero attached hydrogens (tertiary/aromatic N) is 2. The van der Waals surface area contributed by atoms with Gasteiger partial charge in [0.2, 0.25) is 0 Å². The smallest absolute Gasteiger partial charge is 0.323 e. The highest BCUT2D eigenvalue weighted by atomic mass is 79.9. The molecule has 2 N–H and O–H groups in total. The molecule has 0 spiro atoms. The lowest BCUT2D eigenvalue weighted by molar-refractivity contribution is 0.242. The van der Waals surface area contributed by atoms with Crippen LogP contribution in [-0.2, 0) is 13.0 Å². The lowest BCUT2D eigenvalue weighted by atomic mass is 10.1. The van der Waals surface area contributed by atoms with Gasteiger partial charge in [-0.1, -0.05) is 0 Å². The van der Waals surface area contributed by atoms with Crippen molar-refractivity contribution in [1.29, 1.82) is 0 Å². The van der Waals surface area contributed by atoms with Crippen LogP contribution in [0.15, 0.2) is 69.1 Å². The molecule has 0 aliphatic heterocycles. The standard InChI is InChI=1S/C26H28BrN3O3S.ClH/c1-17(2)33-22-7-4-20(5-8-22)30(26(28)31)21-6-9-25-24(13-21)18(15-32-25)10-11-29(3)14-23-12-19(27)16-34-23;/h4-9,12-13,15-17H,10-11,14H2,1-3H3,(H2,28,31);1H. The topological polar surface area (TPSA) is 71.9 Å². The van der Waals surface area contributed by atoms with Gasteiger partial charge < -0.3 is 19.8 Å². The number of urea groups is 1. The molecule has 9 heteroatoms. The van der Waals surface area contributed by atoms with Gasteiger partial charge >= 0.3 is 6.03 Å². The Morgan fingerprint density at radius 3 is 2.49 bits per heavy atom. The number of halogens is 2. The van der Waals surface area contributed by atoms with E-state index in [0.717, 1.165) is 46.3 Å². The molecule has 2 aromatic carbocycles. The summed E-state index contributed by atoms with van der Waals surface area (Å²) in [7, 11) is 2.11. The first-order valence-corrected chi connectivity index (χ1v) is 12.8. The van der Waals surface area contributed by atoms with Gasteiger partial charge in [0.1, 0.15) is 11.3 Å². The first-order valence-electron chi connectivity index (χ1n) is 11.1. The maximum atomic E-state index is 12.4. The van der Waals surface area contributed by atoms with Crippen molar-refractivity contribution in [3.63, 3.8) is 0 Å². The Bertz CT molecular complexity index is 1270. The van der Waals surface area contributed by atoms with Gasteiger partial charge in [0.15, 0.2) is 0 Å². The van der Waals surface area contributed by atoms with Gasteiger partial charge in [0, 0.05) is 33.2 Å². The predicted octanol–water partition coefficient (Wildman–Crippen LogP) is 7.36. The summed E-state index contributed by atoms with van der Waals surface area (Å²) in [5.74, 6) is 0.745. The Balaban J connectivity index is 0.00000342. The molecule has 0 atom stereocenters. The van der Waals surface area contributed by atoms with E-state index in [1.807, 2.05) is 56.3 Å². The number of amides is 2. The second-order valence-corrected chi connectivity index (χ2v) is 10.4. The Kier molecular flexibility index (Phi) is 9.24. The lowest BCUT2D eigenvalue weighted by Gasteiger charge is -2.21. The van der Waals surface area contributed by atoms with E-state index in [4.69, 9.17) is 14.9 Å². The molecule has 186 valence electrons. The number of likely N-dealkylation sites (N-methyl/N-ethyl adjacent to an activating group) is 1. The summed E-state index contributed by atoms with van der Waals surface area (Å²) in [6, 6.07) is 14.6. The molecule has 0 bridgehead atoms. The SMILES string of the molecule is CC(C)Oc1ccc(N(C(N)=O)c2ccc3occ(CCN(C)Cc4cc(Br)cs4)c3c2)cc1.Cl. The molecule has 0 unspecified atom stereocenters. The monoisotopic (exact) mass is 577 g/mol. The van der Waals surface area contributed by atoms with Crippen molar-refractivity contribution in [2.75, 3.05) is 18.5 Å². The van der Waals surface area contributed by atoms with Crippen molar-refractivity contribution < 1.29 is 13.9 Å². The van der Waals surface area contributed by atoms with Crippen molar-refractivity contribution in [1.82, 2.24) is 4.90 Å². The van der Waals surface area contributed by atoms with Gasteiger partial charge in [-0.05, 0) is 97.3 Å². The summed E-state index contributed by atoms with van der Waals surface area (Å²) in [5, 5.41) is 3.08. The summed E-state index contributed by atoms with van der Waals surface area (Å²) in [6.07, 6.45) is 2.71. The number of ether oxygens (including phenoxy) is 1. The number of benzene rings is 2. The third kappa shape index (κ3) is 6.79. The minimum Gasteiger partial charge on any atom is -0.491 e. The van der Waals surface area contributed by atoms with Crippen molar-refractivity contribution in [3.8, 4) is 5.75 Å². The number of nitrogens with two attached hydrogens (primary N) is 1. The molecular weight excluding hydrogens is 550 g/mol. The van der Waals surface area contributed by atoms with Crippen LogP contribution in [0.1, 0.15) is 24.3 Å². The van der Waals surface area contributed by atoms with Crippen LogP contribution in [0.4, 0.5) is 16.2 Å². The van der Waals surface area contributed by atoms with Crippen LogP contribution < -0.4 is 15.4 Å². The van der Waals surface area contributed by atoms with E-state index in [0.29, 0.717) is 11.4 Å². The minimum atomic E-state index is -0.552. The lowest BCUT2D eigenvalue weighted by Crippen LogP contribution is -2.31. The molecule has 2 amide bonds. The summed E-state index contributed by atoms with van der Waals surface area (Å²) < 4.78 is 12.6. The van der Waals surface area contributed by atoms with Crippen molar-refractivity contribution in [2.45, 2.75) is 32.9 Å². The third-order valence-electron chi connectivity index (χ3n) is 5.39. The maximum Gasteiger partial charge on any atom is 0.323 e. The van der Waals surface area contributed by atoms with Crippen LogP contribution >= 0.6 is 39.7 Å². The maximum absolute atomic E-state index is 12.4. The van der Waals surface area contributed by atoms with E-state index >= 15 is 0 Å². The average Bonchev–Trinajstić information content (AvgIpc) is 3.38. The molecule has 4 aromatic rings. The van der Waals surface area contributed by atoms with Gasteiger partial charge in [0.05, 0.1) is 23.7 Å². The normalized spacial score (nSPS) is 11.1. The fourth-order valence-corrected chi connectivity index (χ4v) is 5.38. The number of hydrogen-bond donors (Lipinski definition) is 1. The zero-order chi connectivity index (χ0) is 24.2. The highest BCUT2D eigenvalue weighted by Gasteiger charge is 2.18. The minimum absolute atomic E-state index is 0. The molecule has 0 radical (unpaired) electrons. The van der Waals surface area contributed by atoms with E-state index in [2.05, 4.69) is 39.3 Å². The van der Waals surface area contributed by atoms with Crippen LogP contribution in [0.5, 0.6) is 5.75 Å². The first kappa shape index (κ1) is 27.1. The Morgan fingerprint density at radius 1 is 1.14 bits per heavy atom. The van der Waals surface area contributed by atoms with Crippen molar-refractivity contribution in [3.05, 3.63) is 75.1 Å². The third-order valence-corrected chi connectivity index (χ3v) is 7.08. The second kappa shape index (κ2) is 11.9. The van der Waals surface area contributed by atoms with Gasteiger partial charge in [-0.3, -0.25) is 4.90 Å². The van der Waals surface area contributed by atoms with Gasteiger partial charge in [-0.15, -0.1) is 23.7 Å². The number of primary amides is 1. The van der Waals surface area contributed by atoms with Crippen LogP contribution in [0.3, 0.4) is 0 Å². The Morgan fingerprint density at radius 2 is 1.86 bits per heavy atom. The van der Waals surface area contributed by atoms with E-state index in [9.17, 15) is 4.79 Å². The molecular formula is C26H29BrClN3O3S. The van der Waals surface area contributed by atoms with Crippen LogP contribution in [0.2, 0.25) is 0 Å². The van der Waals surface area contributed by atoms with Gasteiger partial charge in [-0.2, -0.15) is 0 Å². The number of carbonyl (C=O) groups is 1. The average molecular weight is 579 g/mol. The number of furan rings is 1. The molecule has 0 saturated carbocycles. The highest BCUT2D eigenvalue weighted by Crippen LogP contribution is 2.32. The van der Waals surface area contributed by atoms with E-state index in [1.54, 1.807) is 17.6 Å². The highest BCUT2D eigenvalue weighted by molar-refractivity contribution is 9.10. The molecule has 4 rings (SSSR count). The summed E-state index contributed by atoms with van der Waals surface area (Å²) in [6.45, 7) is 5.72. The number of carbonyl (C=O) groups excluding carboxylic acids is 1. The van der Waals surface area contributed by atoms with Gasteiger partial charge in [0.25, 0.3) is 0 Å². The fourth-order valence-electron chi connectivity index (χ4n) is 3.85. The van der Waals surface area contributed by atoms with Crippen LogP contribution in [0.25, 0.3) is 11.0 Å². The van der Waals surface area contributed by atoms with Crippen molar-refractivity contribution in [2.24, 2.45) is 5.73 Å². The summed E-state index contributed by atoms with van der Waals surface area (Å²) >= 11 is 5.26. The first-order chi connectivity index (χ1) is 16.3. The molecule has 0 aliphatic rings. The van der Waals surface area contributed by atoms with E-state index in [-0.39, 0.29) is 18.5 Å². The zero-order valence-corrected chi connectivity index (χ0v) is 23.1. The number of hydrogen-bond acceptors (Lipinski definition) is 5. The van der Waals surface area contributed by atoms with Crippen LogP contribution in [-0.4, -0.2) is 30.6 Å². The predicted molar refractivity (Wildman–Crippen MR) is 149 cm³/mol. The fraction of sp³-hybridized carbons (Fsp3) is 0.269. The molecule has 0 saturated heterocycles. The van der Waals surface area contributed by atoms with Crippen LogP contribution in [0, 0.1) is 0 Å². The Hall–Kier alpha value is -2.52. The quantitative estimate of drug-likeness (QED) is 0.225. The van der Waals surface area contributed by atoms with Crippen molar-refractivity contribution >= 4 is 68.0 Å².